The van der Waals surface area contributed by atoms with E-state index in [-0.39, 0.29) is 11.8 Å². The molecule has 4 aromatic rings. The van der Waals surface area contributed by atoms with Crippen molar-refractivity contribution in [3.05, 3.63) is 60.7 Å². The average molecular weight is 436 g/mol. The number of imidazole rings is 1. The molecule has 0 atom stereocenters. The van der Waals surface area contributed by atoms with Gasteiger partial charge in [-0.25, -0.2) is 9.97 Å². The normalized spacial score (nSPS) is 10.8. The van der Waals surface area contributed by atoms with Gasteiger partial charge in [-0.05, 0) is 43.3 Å². The van der Waals surface area contributed by atoms with E-state index >= 15 is 0 Å². The zero-order chi connectivity index (χ0) is 22.0. The molecular weight excluding hydrogens is 414 g/mol. The van der Waals surface area contributed by atoms with Crippen LogP contribution in [0.4, 0.5) is 10.8 Å². The summed E-state index contributed by atoms with van der Waals surface area (Å²) in [6.45, 7) is 3.96. The van der Waals surface area contributed by atoms with Crippen molar-refractivity contribution in [2.75, 3.05) is 23.9 Å². The third-order valence-corrected chi connectivity index (χ3v) is 5.84. The van der Waals surface area contributed by atoms with Gasteiger partial charge in [0.15, 0.2) is 5.13 Å². The maximum Gasteiger partial charge on any atom is 0.257 e. The Hall–Kier alpha value is -3.72. The second kappa shape index (κ2) is 8.57. The van der Waals surface area contributed by atoms with Gasteiger partial charge in [-0.15, -0.1) is 0 Å². The van der Waals surface area contributed by atoms with E-state index in [1.807, 2.05) is 35.9 Å². The van der Waals surface area contributed by atoms with Gasteiger partial charge in [0.05, 0.1) is 23.8 Å². The van der Waals surface area contributed by atoms with E-state index in [9.17, 15) is 9.59 Å². The van der Waals surface area contributed by atoms with E-state index in [4.69, 9.17) is 4.74 Å². The second-order valence-electron chi connectivity index (χ2n) is 6.72. The molecule has 2 amide bonds. The van der Waals surface area contributed by atoms with E-state index in [1.54, 1.807) is 42.7 Å². The number of anilines is 2. The molecule has 0 fully saturated rings. The number of amides is 2. The van der Waals surface area contributed by atoms with Gasteiger partial charge in [-0.2, -0.15) is 0 Å². The van der Waals surface area contributed by atoms with Gasteiger partial charge in [0.1, 0.15) is 11.3 Å². The molecule has 0 unspecified atom stereocenters. The Balaban J connectivity index is 1.63. The molecule has 9 heteroatoms. The summed E-state index contributed by atoms with van der Waals surface area (Å²) < 4.78 is 8.07. The Labute approximate surface area is 183 Å². The number of carbonyl (C=O) groups is 2. The molecule has 1 N–H and O–H groups in total. The number of rotatable bonds is 6. The summed E-state index contributed by atoms with van der Waals surface area (Å²) in [4.78, 5) is 35.1. The van der Waals surface area contributed by atoms with Crippen molar-refractivity contribution in [3.63, 3.8) is 0 Å². The van der Waals surface area contributed by atoms with Crippen LogP contribution in [-0.2, 0) is 4.79 Å². The number of carbonyl (C=O) groups excluding carboxylic acids is 2. The third-order valence-electron chi connectivity index (χ3n) is 4.85. The van der Waals surface area contributed by atoms with Crippen LogP contribution in [0.5, 0.6) is 5.75 Å². The minimum atomic E-state index is -0.268. The topological polar surface area (TPSA) is 89.4 Å². The van der Waals surface area contributed by atoms with Crippen LogP contribution in [0.3, 0.4) is 0 Å². The molecule has 2 aromatic heterocycles. The van der Waals surface area contributed by atoms with E-state index < -0.39 is 0 Å². The van der Waals surface area contributed by atoms with E-state index in [2.05, 4.69) is 15.3 Å². The Morgan fingerprint density at radius 1 is 1.19 bits per heavy atom. The predicted octanol–water partition coefficient (Wildman–Crippen LogP) is 4.12. The van der Waals surface area contributed by atoms with E-state index in [1.165, 1.54) is 18.3 Å². The minimum absolute atomic E-state index is 0.0639. The molecule has 0 saturated heterocycles. The molecular formula is C22H21N5O3S. The number of nitrogens with zero attached hydrogens (tertiary/aromatic N) is 4. The van der Waals surface area contributed by atoms with Crippen molar-refractivity contribution >= 4 is 44.2 Å². The predicted molar refractivity (Wildman–Crippen MR) is 121 cm³/mol. The molecule has 0 spiro atoms. The Kier molecular flexibility index (Phi) is 5.68. The zero-order valence-electron chi connectivity index (χ0n) is 17.3. The lowest BCUT2D eigenvalue weighted by Gasteiger charge is -2.19. The van der Waals surface area contributed by atoms with E-state index in [0.717, 1.165) is 16.1 Å². The maximum absolute atomic E-state index is 12.8. The quantitative estimate of drug-likeness (QED) is 0.492. The van der Waals surface area contributed by atoms with Gasteiger partial charge >= 0.3 is 0 Å². The fourth-order valence-corrected chi connectivity index (χ4v) is 4.33. The Bertz CT molecular complexity index is 1230. The number of benzene rings is 2. The van der Waals surface area contributed by atoms with Gasteiger partial charge in [0.25, 0.3) is 5.91 Å². The van der Waals surface area contributed by atoms with Crippen LogP contribution in [0, 0.1) is 0 Å². The monoisotopic (exact) mass is 435 g/mol. The molecule has 0 saturated carbocycles. The van der Waals surface area contributed by atoms with Crippen LogP contribution in [-0.4, -0.2) is 40.0 Å². The van der Waals surface area contributed by atoms with Crippen molar-refractivity contribution in [3.8, 4) is 11.4 Å². The number of hydrogen-bond acceptors (Lipinski definition) is 6. The van der Waals surface area contributed by atoms with Crippen LogP contribution >= 0.6 is 11.3 Å². The highest BCUT2D eigenvalue weighted by Crippen LogP contribution is 2.39. The number of ether oxygens (including phenoxy) is 1. The maximum atomic E-state index is 12.8. The largest absolute Gasteiger partial charge is 0.494 e. The second-order valence-corrected chi connectivity index (χ2v) is 7.72. The molecule has 2 heterocycles. The average Bonchev–Trinajstić information content (AvgIpc) is 3.44. The minimum Gasteiger partial charge on any atom is -0.494 e. The van der Waals surface area contributed by atoms with Gasteiger partial charge in [-0.3, -0.25) is 14.9 Å². The molecule has 0 radical (unpaired) electrons. The van der Waals surface area contributed by atoms with E-state index in [0.29, 0.717) is 28.5 Å². The fraction of sp³-hybridized carbons (Fsp3) is 0.182. The summed E-state index contributed by atoms with van der Waals surface area (Å²) in [5, 5.41) is 3.29. The third kappa shape index (κ3) is 3.99. The van der Waals surface area contributed by atoms with Gasteiger partial charge < -0.3 is 14.2 Å². The lowest BCUT2D eigenvalue weighted by molar-refractivity contribution is -0.116. The number of aromatic nitrogens is 3. The number of thiazole rings is 1. The van der Waals surface area contributed by atoms with Crippen molar-refractivity contribution in [1.29, 1.82) is 0 Å². The molecule has 158 valence electrons. The smallest absolute Gasteiger partial charge is 0.257 e. The highest BCUT2D eigenvalue weighted by molar-refractivity contribution is 7.23. The summed E-state index contributed by atoms with van der Waals surface area (Å²) >= 11 is 1.31. The SMILES string of the molecule is CCN(C(C)=O)c1ccc(OC)c2nc(NC(=O)c3ccc(-n4ccnc4)cc3)sc12. The number of fused-ring (bicyclic) bond motifs is 1. The van der Waals surface area contributed by atoms with Gasteiger partial charge in [0, 0.05) is 37.1 Å². The van der Waals surface area contributed by atoms with Crippen molar-refractivity contribution in [1.82, 2.24) is 14.5 Å². The van der Waals surface area contributed by atoms with Crippen LogP contribution in [0.2, 0.25) is 0 Å². The zero-order valence-corrected chi connectivity index (χ0v) is 18.1. The van der Waals surface area contributed by atoms with Crippen molar-refractivity contribution < 1.29 is 14.3 Å². The van der Waals surface area contributed by atoms with Crippen molar-refractivity contribution in [2.45, 2.75) is 13.8 Å². The Morgan fingerprint density at radius 3 is 2.58 bits per heavy atom. The molecule has 4 rings (SSSR count). The van der Waals surface area contributed by atoms with Crippen molar-refractivity contribution in [2.24, 2.45) is 0 Å². The van der Waals surface area contributed by atoms with Crippen LogP contribution in [0.15, 0.2) is 55.1 Å². The summed E-state index contributed by atoms with van der Waals surface area (Å²) in [5.74, 6) is 0.251. The first-order valence-corrected chi connectivity index (χ1v) is 10.5. The number of hydrogen-bond donors (Lipinski definition) is 1. The number of nitrogens with one attached hydrogen (secondary N) is 1. The molecule has 0 bridgehead atoms. The molecule has 2 aromatic carbocycles. The molecule has 8 nitrogen and oxygen atoms in total. The summed E-state index contributed by atoms with van der Waals surface area (Å²) in [5.41, 5.74) is 2.77. The first-order chi connectivity index (χ1) is 15.0. The highest BCUT2D eigenvalue weighted by Gasteiger charge is 2.20. The van der Waals surface area contributed by atoms with Gasteiger partial charge in [0.2, 0.25) is 5.91 Å². The van der Waals surface area contributed by atoms with Crippen LogP contribution in [0.1, 0.15) is 24.2 Å². The fourth-order valence-electron chi connectivity index (χ4n) is 3.33. The molecule has 31 heavy (non-hydrogen) atoms. The molecule has 0 aliphatic carbocycles. The Morgan fingerprint density at radius 2 is 1.97 bits per heavy atom. The van der Waals surface area contributed by atoms with Gasteiger partial charge in [-0.1, -0.05) is 11.3 Å². The number of methoxy groups -OCH3 is 1. The standard InChI is InChI=1S/C22H21N5O3S/c1-4-27(14(2)28)17-9-10-18(30-3)19-20(17)31-22(24-19)25-21(29)15-5-7-16(8-6-15)26-12-11-23-13-26/h5-13H,4H2,1-3H3,(H,24,25,29). The molecule has 0 aliphatic heterocycles. The first kappa shape index (κ1) is 20.5. The summed E-state index contributed by atoms with van der Waals surface area (Å²) in [6, 6.07) is 10.8. The summed E-state index contributed by atoms with van der Waals surface area (Å²) in [7, 11) is 1.57. The molecule has 0 aliphatic rings. The van der Waals surface area contributed by atoms with Crippen LogP contribution < -0.4 is 15.0 Å². The summed E-state index contributed by atoms with van der Waals surface area (Å²) in [6.07, 6.45) is 5.23. The lowest BCUT2D eigenvalue weighted by atomic mass is 10.2. The highest BCUT2D eigenvalue weighted by atomic mass is 32.1. The lowest BCUT2D eigenvalue weighted by Crippen LogP contribution is -2.27. The van der Waals surface area contributed by atoms with Crippen LogP contribution in [0.25, 0.3) is 15.9 Å². The first-order valence-electron chi connectivity index (χ1n) is 9.67.